The number of methoxy groups -OCH3 is 1. The topological polar surface area (TPSA) is 94.5 Å². The Morgan fingerprint density at radius 3 is 2.55 bits per heavy atom. The number of imidazole rings is 1. The maximum Gasteiger partial charge on any atom is 0.356 e. The molecule has 0 saturated heterocycles. The van der Waals surface area contributed by atoms with Gasteiger partial charge >= 0.3 is 5.97 Å². The minimum absolute atomic E-state index is 0.0121. The van der Waals surface area contributed by atoms with Crippen LogP contribution >= 0.6 is 27.5 Å². The number of hydrogen-bond acceptors (Lipinski definition) is 5. The quantitative estimate of drug-likeness (QED) is 0.346. The molecule has 3 heterocycles. The fourth-order valence-electron chi connectivity index (χ4n) is 4.09. The van der Waals surface area contributed by atoms with Crippen LogP contribution in [0.2, 0.25) is 5.02 Å². The smallest absolute Gasteiger partial charge is 0.356 e. The predicted octanol–water partition coefficient (Wildman–Crippen LogP) is 5.31. The lowest BCUT2D eigenvalue weighted by molar-refractivity contribution is 0.0689. The van der Waals surface area contributed by atoms with E-state index in [1.54, 1.807) is 7.11 Å². The second-order valence-corrected chi connectivity index (χ2v) is 9.20. The van der Waals surface area contributed by atoms with E-state index in [9.17, 15) is 9.90 Å². The Balaban J connectivity index is 1.94. The van der Waals surface area contributed by atoms with Crippen LogP contribution in [0.15, 0.2) is 41.3 Å². The Hall–Kier alpha value is -2.91. The zero-order chi connectivity index (χ0) is 23.9. The minimum Gasteiger partial charge on any atom is -0.493 e. The highest BCUT2D eigenvalue weighted by Crippen LogP contribution is 2.36. The third-order valence-electron chi connectivity index (χ3n) is 5.58. The molecule has 0 saturated carbocycles. The van der Waals surface area contributed by atoms with Crippen LogP contribution in [0.4, 0.5) is 0 Å². The molecule has 0 spiro atoms. The van der Waals surface area contributed by atoms with E-state index < -0.39 is 5.97 Å². The first-order valence-corrected chi connectivity index (χ1v) is 11.5. The number of halogens is 2. The van der Waals surface area contributed by atoms with Crippen molar-refractivity contribution in [1.82, 2.24) is 24.1 Å². The molecule has 0 fully saturated rings. The summed E-state index contributed by atoms with van der Waals surface area (Å²) in [6, 6.07) is 9.36. The van der Waals surface area contributed by atoms with Gasteiger partial charge in [-0.05, 0) is 72.4 Å². The van der Waals surface area contributed by atoms with E-state index in [0.717, 1.165) is 17.0 Å². The molecule has 10 heteroatoms. The highest BCUT2D eigenvalue weighted by atomic mass is 79.9. The fraction of sp³-hybridized carbons (Fsp3) is 0.304. The van der Waals surface area contributed by atoms with Gasteiger partial charge in [0, 0.05) is 23.2 Å². The van der Waals surface area contributed by atoms with E-state index in [4.69, 9.17) is 16.3 Å². The first-order valence-electron chi connectivity index (χ1n) is 10.4. The molecule has 8 nitrogen and oxygen atoms in total. The Labute approximate surface area is 204 Å². The van der Waals surface area contributed by atoms with E-state index >= 15 is 0 Å². The lowest BCUT2D eigenvalue weighted by Crippen LogP contribution is -2.17. The zero-order valence-electron chi connectivity index (χ0n) is 18.6. The second kappa shape index (κ2) is 9.15. The summed E-state index contributed by atoms with van der Waals surface area (Å²) in [5.41, 5.74) is 3.13. The average Bonchev–Trinajstić information content (AvgIpc) is 3.32. The van der Waals surface area contributed by atoms with Crippen molar-refractivity contribution in [1.29, 1.82) is 0 Å². The summed E-state index contributed by atoms with van der Waals surface area (Å²) in [5, 5.41) is 18.9. The van der Waals surface area contributed by atoms with Crippen LogP contribution < -0.4 is 4.74 Å². The van der Waals surface area contributed by atoms with E-state index in [-0.39, 0.29) is 17.7 Å². The molecule has 1 aromatic carbocycles. The molecule has 0 radical (unpaired) electrons. The van der Waals surface area contributed by atoms with Crippen molar-refractivity contribution in [3.8, 4) is 5.75 Å². The number of carboxylic acids is 1. The van der Waals surface area contributed by atoms with Crippen molar-refractivity contribution >= 4 is 39.1 Å². The molecule has 1 atom stereocenters. The number of hydrogen-bond donors (Lipinski definition) is 1. The molecule has 172 valence electrons. The molecule has 4 rings (SSSR count). The van der Waals surface area contributed by atoms with Crippen LogP contribution in [-0.4, -0.2) is 42.3 Å². The van der Waals surface area contributed by atoms with Crippen LogP contribution in [0.5, 0.6) is 5.75 Å². The van der Waals surface area contributed by atoms with E-state index in [0.29, 0.717) is 33.3 Å². The maximum absolute atomic E-state index is 12.2. The molecule has 0 amide bonds. The van der Waals surface area contributed by atoms with Crippen molar-refractivity contribution in [3.05, 3.63) is 74.6 Å². The van der Waals surface area contributed by atoms with Gasteiger partial charge < -0.3 is 14.4 Å². The SMILES string of the molecule is COc1cc(CC(c2ccc(Cl)cc2)c2c(C(=O)O)nc(Br)n2C(C)C)cn2c(C)nnc12. The maximum atomic E-state index is 12.2. The first-order chi connectivity index (χ1) is 15.7. The number of rotatable bonds is 7. The Morgan fingerprint density at radius 2 is 1.94 bits per heavy atom. The van der Waals surface area contributed by atoms with Crippen LogP contribution in [0.25, 0.3) is 5.65 Å². The summed E-state index contributed by atoms with van der Waals surface area (Å²) in [6.45, 7) is 5.86. The van der Waals surface area contributed by atoms with Crippen molar-refractivity contribution < 1.29 is 14.6 Å². The van der Waals surface area contributed by atoms with Gasteiger partial charge in [-0.15, -0.1) is 10.2 Å². The van der Waals surface area contributed by atoms with Crippen molar-refractivity contribution in [2.45, 2.75) is 39.2 Å². The van der Waals surface area contributed by atoms with E-state index in [2.05, 4.69) is 31.1 Å². The molecule has 1 N–H and O–H groups in total. The van der Waals surface area contributed by atoms with E-state index in [1.165, 1.54) is 0 Å². The summed E-state index contributed by atoms with van der Waals surface area (Å²) in [6.07, 6.45) is 2.46. The van der Waals surface area contributed by atoms with Crippen molar-refractivity contribution in [3.63, 3.8) is 0 Å². The third-order valence-corrected chi connectivity index (χ3v) is 6.40. The third kappa shape index (κ3) is 4.35. The summed E-state index contributed by atoms with van der Waals surface area (Å²) in [4.78, 5) is 16.5. The number of carbonyl (C=O) groups is 1. The van der Waals surface area contributed by atoms with Gasteiger partial charge in [0.25, 0.3) is 0 Å². The molecule has 3 aromatic heterocycles. The molecule has 0 aliphatic heterocycles. The minimum atomic E-state index is -1.08. The summed E-state index contributed by atoms with van der Waals surface area (Å²) in [5.74, 6) is -0.0605. The van der Waals surface area contributed by atoms with Crippen LogP contribution in [-0.2, 0) is 6.42 Å². The second-order valence-electron chi connectivity index (χ2n) is 8.05. The average molecular weight is 533 g/mol. The first kappa shape index (κ1) is 23.3. The van der Waals surface area contributed by atoms with Crippen molar-refractivity contribution in [2.75, 3.05) is 7.11 Å². The number of ether oxygens (including phenoxy) is 1. The predicted molar refractivity (Wildman–Crippen MR) is 129 cm³/mol. The zero-order valence-corrected chi connectivity index (χ0v) is 20.9. The van der Waals surface area contributed by atoms with Crippen molar-refractivity contribution in [2.24, 2.45) is 0 Å². The number of aryl methyl sites for hydroxylation is 1. The van der Waals surface area contributed by atoms with Crippen LogP contribution in [0, 0.1) is 6.92 Å². The van der Waals surface area contributed by atoms with E-state index in [1.807, 2.05) is 66.3 Å². The Kier molecular flexibility index (Phi) is 6.45. The highest BCUT2D eigenvalue weighted by molar-refractivity contribution is 9.10. The molecule has 33 heavy (non-hydrogen) atoms. The number of aromatic carboxylic acids is 1. The number of carboxylic acid groups (broad SMARTS) is 1. The molecule has 1 unspecified atom stereocenters. The van der Waals surface area contributed by atoms with Crippen LogP contribution in [0.1, 0.15) is 58.9 Å². The van der Waals surface area contributed by atoms with Gasteiger partial charge in [0.1, 0.15) is 5.82 Å². The molecular weight excluding hydrogens is 510 g/mol. The number of fused-ring (bicyclic) bond motifs is 1. The molecule has 0 aliphatic carbocycles. The number of benzene rings is 1. The summed E-state index contributed by atoms with van der Waals surface area (Å²) in [7, 11) is 1.59. The van der Waals surface area contributed by atoms with Gasteiger partial charge in [-0.2, -0.15) is 0 Å². The molecular formula is C23H23BrClN5O3. The largest absolute Gasteiger partial charge is 0.493 e. The molecule has 4 aromatic rings. The fourth-order valence-corrected chi connectivity index (χ4v) is 5.00. The standard InChI is InChI=1S/C23H23BrClN5O3/c1-12(2)30-20(19(22(31)32)26-23(30)24)17(15-5-7-16(25)8-6-15)9-14-10-18(33-4)21-28-27-13(3)29(21)11-14/h5-8,10-12,17H,9H2,1-4H3,(H,31,32). The van der Waals surface area contributed by atoms with Crippen LogP contribution in [0.3, 0.4) is 0 Å². The van der Waals surface area contributed by atoms with Gasteiger partial charge in [-0.1, -0.05) is 23.7 Å². The lowest BCUT2D eigenvalue weighted by atomic mass is 9.88. The Bertz CT molecular complexity index is 1330. The lowest BCUT2D eigenvalue weighted by Gasteiger charge is -2.23. The van der Waals surface area contributed by atoms with Gasteiger partial charge in [0.05, 0.1) is 12.8 Å². The molecule has 0 aliphatic rings. The summed E-state index contributed by atoms with van der Waals surface area (Å²) >= 11 is 9.61. The normalized spacial score (nSPS) is 12.5. The summed E-state index contributed by atoms with van der Waals surface area (Å²) < 4.78 is 9.83. The van der Waals surface area contributed by atoms with Gasteiger partial charge in [0.15, 0.2) is 16.2 Å². The number of nitrogens with zero attached hydrogens (tertiary/aromatic N) is 5. The number of aromatic nitrogens is 5. The van der Waals surface area contributed by atoms with Gasteiger partial charge in [-0.3, -0.25) is 4.40 Å². The molecule has 0 bridgehead atoms. The monoisotopic (exact) mass is 531 g/mol. The number of pyridine rings is 1. The Morgan fingerprint density at radius 1 is 1.24 bits per heavy atom. The van der Waals surface area contributed by atoms with Gasteiger partial charge in [0.2, 0.25) is 5.65 Å². The highest BCUT2D eigenvalue weighted by Gasteiger charge is 2.30. The van der Waals surface area contributed by atoms with Gasteiger partial charge in [-0.25, -0.2) is 9.78 Å².